The standard InChI is InChI=1S/C49H82NO8P/c1-6-8-10-12-14-16-18-20-21-22-23-24-25-26-27-28-30-31-33-35-37-39-41-48(51)55-45-47(46-57-59(53,54)56-44-43-50(3,4)5)58-49(52)42-40-38-36-34-32-29-19-17-15-13-11-9-7-2/h8,10,14,16,20-21,23-24,26-27,29-32,36,38,47H,6-7,9,11-13,15,17-19,22,25,28,33-35,37,39-46H2,1-5H3/b10-8+,16-14+,21-20+,24-23+,27-26+,31-30+,32-29+,38-36+. The second-order valence-corrected chi connectivity index (χ2v) is 17.1. The van der Waals surface area contributed by atoms with Crippen molar-refractivity contribution in [2.45, 2.75) is 155 Å². The van der Waals surface area contributed by atoms with E-state index in [0.717, 1.165) is 70.6 Å². The largest absolute Gasteiger partial charge is 0.756 e. The van der Waals surface area contributed by atoms with Gasteiger partial charge in [-0.2, -0.15) is 0 Å². The number of hydrogen-bond acceptors (Lipinski definition) is 8. The van der Waals surface area contributed by atoms with Gasteiger partial charge in [0.25, 0.3) is 7.82 Å². The average Bonchev–Trinajstić information content (AvgIpc) is 3.19. The van der Waals surface area contributed by atoms with Gasteiger partial charge in [-0.25, -0.2) is 0 Å². The average molecular weight is 844 g/mol. The molecule has 0 saturated heterocycles. The van der Waals surface area contributed by atoms with Crippen LogP contribution in [0, 0.1) is 0 Å². The first kappa shape index (κ1) is 55.9. The molecule has 9 nitrogen and oxygen atoms in total. The summed E-state index contributed by atoms with van der Waals surface area (Å²) in [6.45, 7) is 3.97. The van der Waals surface area contributed by atoms with Gasteiger partial charge >= 0.3 is 11.9 Å². The lowest BCUT2D eigenvalue weighted by Crippen LogP contribution is -2.37. The maximum absolute atomic E-state index is 12.6. The van der Waals surface area contributed by atoms with Crippen molar-refractivity contribution < 1.29 is 42.1 Å². The third-order valence-corrected chi connectivity index (χ3v) is 9.82. The lowest BCUT2D eigenvalue weighted by atomic mass is 10.1. The molecule has 0 saturated carbocycles. The normalized spacial score (nSPS) is 14.5. The number of carbonyl (C=O) groups is 2. The summed E-state index contributed by atoms with van der Waals surface area (Å²) in [6, 6.07) is 0. The van der Waals surface area contributed by atoms with E-state index in [2.05, 4.69) is 98.9 Å². The summed E-state index contributed by atoms with van der Waals surface area (Å²) in [6.07, 6.45) is 53.1. The van der Waals surface area contributed by atoms with Gasteiger partial charge in [-0.1, -0.05) is 150 Å². The number of unbranched alkanes of at least 4 members (excludes halogenated alkanes) is 9. The third kappa shape index (κ3) is 44.3. The van der Waals surface area contributed by atoms with Crippen molar-refractivity contribution in [1.29, 1.82) is 0 Å². The van der Waals surface area contributed by atoms with Crippen molar-refractivity contribution >= 4 is 19.8 Å². The minimum Gasteiger partial charge on any atom is -0.756 e. The zero-order valence-corrected chi connectivity index (χ0v) is 38.5. The summed E-state index contributed by atoms with van der Waals surface area (Å²) in [5, 5.41) is 0. The first-order valence-corrected chi connectivity index (χ1v) is 23.9. The number of nitrogens with zero attached hydrogens (tertiary/aromatic N) is 1. The third-order valence-electron chi connectivity index (χ3n) is 8.85. The van der Waals surface area contributed by atoms with Crippen molar-refractivity contribution in [3.05, 3.63) is 97.2 Å². The number of ether oxygens (including phenoxy) is 2. The van der Waals surface area contributed by atoms with Crippen LogP contribution in [0.25, 0.3) is 0 Å². The first-order chi connectivity index (χ1) is 28.5. The van der Waals surface area contributed by atoms with Gasteiger partial charge in [0.1, 0.15) is 19.8 Å². The summed E-state index contributed by atoms with van der Waals surface area (Å²) in [5.74, 6) is -0.962. The van der Waals surface area contributed by atoms with Gasteiger partial charge in [0.05, 0.1) is 27.7 Å². The van der Waals surface area contributed by atoms with E-state index in [1.54, 1.807) is 0 Å². The Morgan fingerprint density at radius 1 is 0.542 bits per heavy atom. The monoisotopic (exact) mass is 844 g/mol. The highest BCUT2D eigenvalue weighted by Gasteiger charge is 2.21. The quantitative estimate of drug-likeness (QED) is 0.0198. The fourth-order valence-electron chi connectivity index (χ4n) is 5.36. The van der Waals surface area contributed by atoms with Crippen LogP contribution in [0.15, 0.2) is 97.2 Å². The van der Waals surface area contributed by atoms with Gasteiger partial charge in [0, 0.05) is 12.8 Å². The molecule has 0 aliphatic heterocycles. The molecule has 0 aromatic rings. The number of phosphoric ester groups is 1. The van der Waals surface area contributed by atoms with Crippen molar-refractivity contribution in [2.24, 2.45) is 0 Å². The van der Waals surface area contributed by atoms with Crippen LogP contribution in [-0.2, 0) is 32.7 Å². The van der Waals surface area contributed by atoms with Gasteiger partial charge in [-0.3, -0.25) is 14.2 Å². The minimum absolute atomic E-state index is 0.0512. The lowest BCUT2D eigenvalue weighted by molar-refractivity contribution is -0.870. The highest BCUT2D eigenvalue weighted by atomic mass is 31.2. The Morgan fingerprint density at radius 3 is 1.51 bits per heavy atom. The van der Waals surface area contributed by atoms with Gasteiger partial charge in [-0.05, 0) is 83.5 Å². The van der Waals surface area contributed by atoms with Gasteiger partial charge in [0.15, 0.2) is 6.10 Å². The molecule has 0 fully saturated rings. The highest BCUT2D eigenvalue weighted by Crippen LogP contribution is 2.38. The molecule has 2 unspecified atom stereocenters. The molecule has 0 aromatic carbocycles. The Hall–Kier alpha value is -3.07. The second kappa shape index (κ2) is 40.3. The van der Waals surface area contributed by atoms with E-state index in [1.807, 2.05) is 33.3 Å². The highest BCUT2D eigenvalue weighted by molar-refractivity contribution is 7.45. The van der Waals surface area contributed by atoms with Crippen LogP contribution >= 0.6 is 7.82 Å². The molecule has 0 amide bonds. The zero-order chi connectivity index (χ0) is 43.6. The van der Waals surface area contributed by atoms with Crippen LogP contribution in [0.3, 0.4) is 0 Å². The van der Waals surface area contributed by atoms with E-state index in [4.69, 9.17) is 18.5 Å². The number of carbonyl (C=O) groups excluding carboxylic acids is 2. The van der Waals surface area contributed by atoms with Gasteiger partial charge < -0.3 is 27.9 Å². The van der Waals surface area contributed by atoms with Crippen LogP contribution in [0.4, 0.5) is 0 Å². The number of hydrogen-bond donors (Lipinski definition) is 0. The number of rotatable bonds is 39. The number of likely N-dealkylation sites (N-methyl/N-ethyl adjacent to an activating group) is 1. The molecule has 0 aliphatic carbocycles. The van der Waals surface area contributed by atoms with E-state index in [-0.39, 0.29) is 26.1 Å². The van der Waals surface area contributed by atoms with E-state index < -0.39 is 32.5 Å². The summed E-state index contributed by atoms with van der Waals surface area (Å²) < 4.78 is 33.8. The molecule has 0 N–H and O–H groups in total. The Kier molecular flexibility index (Phi) is 38.2. The Balaban J connectivity index is 4.46. The molecule has 0 bridgehead atoms. The minimum atomic E-state index is -4.65. The predicted octanol–water partition coefficient (Wildman–Crippen LogP) is 12.3. The van der Waals surface area contributed by atoms with Crippen LogP contribution in [-0.4, -0.2) is 70.0 Å². The molecule has 59 heavy (non-hydrogen) atoms. The SMILES string of the molecule is CC/C=C/C/C=C/C/C=C/C/C=C/C/C=C/C/C=C/CCCCCC(=O)OCC(COP(=O)([O-])OCC[N+](C)(C)C)OC(=O)CC/C=C/C/C=C/CCCCCCCC. The summed E-state index contributed by atoms with van der Waals surface area (Å²) in [5.41, 5.74) is 0. The molecular formula is C49H82NO8P. The van der Waals surface area contributed by atoms with E-state index in [9.17, 15) is 19.0 Å². The summed E-state index contributed by atoms with van der Waals surface area (Å²) in [7, 11) is 1.10. The van der Waals surface area contributed by atoms with Crippen molar-refractivity contribution in [2.75, 3.05) is 47.5 Å². The Labute approximate surface area is 360 Å². The lowest BCUT2D eigenvalue weighted by Gasteiger charge is -2.28. The number of quaternary nitrogens is 1. The van der Waals surface area contributed by atoms with E-state index in [1.165, 1.54) is 38.5 Å². The smallest absolute Gasteiger partial charge is 0.306 e. The van der Waals surface area contributed by atoms with Crippen LogP contribution in [0.5, 0.6) is 0 Å². The topological polar surface area (TPSA) is 111 Å². The van der Waals surface area contributed by atoms with Crippen LogP contribution in [0.2, 0.25) is 0 Å². The molecule has 0 radical (unpaired) electrons. The van der Waals surface area contributed by atoms with Crippen molar-refractivity contribution in [1.82, 2.24) is 0 Å². The molecule has 2 atom stereocenters. The van der Waals surface area contributed by atoms with Gasteiger partial charge in [0.2, 0.25) is 0 Å². The fourth-order valence-corrected chi connectivity index (χ4v) is 6.08. The number of phosphoric acid groups is 1. The maximum Gasteiger partial charge on any atom is 0.306 e. The number of allylic oxidation sites excluding steroid dienone is 16. The molecular weight excluding hydrogens is 762 g/mol. The summed E-state index contributed by atoms with van der Waals surface area (Å²) >= 11 is 0. The van der Waals surface area contributed by atoms with Crippen LogP contribution in [0.1, 0.15) is 149 Å². The molecule has 0 spiro atoms. The molecule has 0 rings (SSSR count). The number of esters is 2. The van der Waals surface area contributed by atoms with E-state index >= 15 is 0 Å². The Morgan fingerprint density at radius 2 is 1.00 bits per heavy atom. The second-order valence-electron chi connectivity index (χ2n) is 15.7. The zero-order valence-electron chi connectivity index (χ0n) is 37.7. The molecule has 10 heteroatoms. The Bertz CT molecular complexity index is 1320. The predicted molar refractivity (Wildman–Crippen MR) is 245 cm³/mol. The fraction of sp³-hybridized carbons (Fsp3) is 0.633. The van der Waals surface area contributed by atoms with E-state index in [0.29, 0.717) is 23.9 Å². The van der Waals surface area contributed by atoms with Gasteiger partial charge in [-0.15, -0.1) is 0 Å². The van der Waals surface area contributed by atoms with Crippen molar-refractivity contribution in [3.63, 3.8) is 0 Å². The molecule has 0 heterocycles. The van der Waals surface area contributed by atoms with Crippen molar-refractivity contribution in [3.8, 4) is 0 Å². The molecule has 336 valence electrons. The maximum atomic E-state index is 12.6. The first-order valence-electron chi connectivity index (χ1n) is 22.4. The molecule has 0 aliphatic rings. The summed E-state index contributed by atoms with van der Waals surface area (Å²) in [4.78, 5) is 37.5. The molecule has 0 aromatic heterocycles. The van der Waals surface area contributed by atoms with Crippen LogP contribution < -0.4 is 4.89 Å².